The first-order valence-corrected chi connectivity index (χ1v) is 13.5. The van der Waals surface area contributed by atoms with Gasteiger partial charge in [0.2, 0.25) is 0 Å². The summed E-state index contributed by atoms with van der Waals surface area (Å²) >= 11 is 1.42. The number of hydrogen-bond donors (Lipinski definition) is 1. The van der Waals surface area contributed by atoms with E-state index in [1.807, 2.05) is 54.6 Å². The Hall–Kier alpha value is -3.95. The summed E-state index contributed by atoms with van der Waals surface area (Å²) in [4.78, 5) is 4.58. The standard InChI is InChI=1S/C27H22N2O5S2/c1-32-21-12-10-20(11-13-21)29-36(30,31)24-14-15-26-25(17-24)28-27(34-26)35-18-19-6-5-9-23(16-19)33-22-7-3-2-4-8-22/h2-17,29H,18H2,1H3. The number of nitrogens with one attached hydrogen (secondary N) is 1. The number of aromatic nitrogens is 1. The summed E-state index contributed by atoms with van der Waals surface area (Å²) in [5, 5.41) is 0.456. The Morgan fingerprint density at radius 2 is 1.64 bits per heavy atom. The van der Waals surface area contributed by atoms with Crippen molar-refractivity contribution < 1.29 is 22.3 Å². The lowest BCUT2D eigenvalue weighted by Crippen LogP contribution is -2.12. The topological polar surface area (TPSA) is 90.7 Å². The molecule has 0 radical (unpaired) electrons. The van der Waals surface area contributed by atoms with E-state index < -0.39 is 10.0 Å². The average Bonchev–Trinajstić information content (AvgIpc) is 3.31. The molecule has 36 heavy (non-hydrogen) atoms. The Kier molecular flexibility index (Phi) is 6.84. The lowest BCUT2D eigenvalue weighted by Gasteiger charge is -2.08. The van der Waals surface area contributed by atoms with Crippen LogP contribution in [0.3, 0.4) is 0 Å². The number of anilines is 1. The van der Waals surface area contributed by atoms with E-state index in [0.717, 1.165) is 17.1 Å². The molecule has 1 N–H and O–H groups in total. The summed E-state index contributed by atoms with van der Waals surface area (Å²) in [6.07, 6.45) is 0. The predicted molar refractivity (Wildman–Crippen MR) is 140 cm³/mol. The fourth-order valence-electron chi connectivity index (χ4n) is 3.46. The van der Waals surface area contributed by atoms with Crippen molar-refractivity contribution in [3.05, 3.63) is 103 Å². The minimum atomic E-state index is -3.79. The number of fused-ring (bicyclic) bond motifs is 1. The van der Waals surface area contributed by atoms with Gasteiger partial charge in [0.25, 0.3) is 15.2 Å². The zero-order valence-electron chi connectivity index (χ0n) is 19.2. The molecular formula is C27H22N2O5S2. The number of hydrogen-bond acceptors (Lipinski definition) is 7. The van der Waals surface area contributed by atoms with Crippen molar-refractivity contribution in [1.82, 2.24) is 4.98 Å². The van der Waals surface area contributed by atoms with Gasteiger partial charge in [-0.3, -0.25) is 4.72 Å². The van der Waals surface area contributed by atoms with E-state index in [1.54, 1.807) is 37.4 Å². The van der Waals surface area contributed by atoms with Crippen LogP contribution >= 0.6 is 11.8 Å². The summed E-state index contributed by atoms with van der Waals surface area (Å²) in [5.74, 6) is 2.77. The Morgan fingerprint density at radius 1 is 0.861 bits per heavy atom. The Morgan fingerprint density at radius 3 is 2.42 bits per heavy atom. The van der Waals surface area contributed by atoms with Gasteiger partial charge in [0.15, 0.2) is 5.58 Å². The molecule has 1 aromatic heterocycles. The highest BCUT2D eigenvalue weighted by atomic mass is 32.2. The van der Waals surface area contributed by atoms with E-state index in [9.17, 15) is 8.42 Å². The number of thioether (sulfide) groups is 1. The maximum atomic E-state index is 12.9. The molecule has 0 spiro atoms. The zero-order chi connectivity index (χ0) is 25.0. The van der Waals surface area contributed by atoms with Gasteiger partial charge in [-0.15, -0.1) is 0 Å². The maximum absolute atomic E-state index is 12.9. The van der Waals surface area contributed by atoms with Gasteiger partial charge < -0.3 is 13.9 Å². The number of oxazole rings is 1. The lowest BCUT2D eigenvalue weighted by molar-refractivity contribution is 0.415. The van der Waals surface area contributed by atoms with Crippen LogP contribution in [0.1, 0.15) is 5.56 Å². The van der Waals surface area contributed by atoms with Crippen molar-refractivity contribution in [2.24, 2.45) is 0 Å². The normalized spacial score (nSPS) is 11.4. The molecule has 9 heteroatoms. The largest absolute Gasteiger partial charge is 0.497 e. The SMILES string of the molecule is COc1ccc(NS(=O)(=O)c2ccc3oc(SCc4cccc(Oc5ccccc5)c4)nc3c2)cc1. The third-order valence-corrected chi connectivity index (χ3v) is 7.51. The van der Waals surface area contributed by atoms with E-state index in [4.69, 9.17) is 13.9 Å². The fourth-order valence-corrected chi connectivity index (χ4v) is 5.32. The van der Waals surface area contributed by atoms with Crippen molar-refractivity contribution in [2.75, 3.05) is 11.8 Å². The van der Waals surface area contributed by atoms with Gasteiger partial charge >= 0.3 is 0 Å². The zero-order valence-corrected chi connectivity index (χ0v) is 20.9. The van der Waals surface area contributed by atoms with Gasteiger partial charge in [0.1, 0.15) is 22.8 Å². The van der Waals surface area contributed by atoms with Crippen molar-refractivity contribution in [1.29, 1.82) is 0 Å². The van der Waals surface area contributed by atoms with E-state index in [0.29, 0.717) is 33.5 Å². The lowest BCUT2D eigenvalue weighted by atomic mass is 10.2. The summed E-state index contributed by atoms with van der Waals surface area (Å²) < 4.78 is 45.1. The Bertz CT molecular complexity index is 1580. The number of methoxy groups -OCH3 is 1. The molecule has 0 saturated heterocycles. The summed E-state index contributed by atoms with van der Waals surface area (Å²) in [7, 11) is -2.24. The molecule has 5 rings (SSSR count). The number of para-hydroxylation sites is 1. The number of rotatable bonds is 9. The van der Waals surface area contributed by atoms with E-state index in [-0.39, 0.29) is 4.90 Å². The molecule has 0 bridgehead atoms. The van der Waals surface area contributed by atoms with Gasteiger partial charge in [-0.2, -0.15) is 0 Å². The maximum Gasteiger partial charge on any atom is 0.261 e. The van der Waals surface area contributed by atoms with Crippen molar-refractivity contribution in [2.45, 2.75) is 15.9 Å². The minimum absolute atomic E-state index is 0.0985. The van der Waals surface area contributed by atoms with Crippen LogP contribution in [0, 0.1) is 0 Å². The van der Waals surface area contributed by atoms with E-state index >= 15 is 0 Å². The average molecular weight is 519 g/mol. The van der Waals surface area contributed by atoms with Crippen LogP contribution in [0.25, 0.3) is 11.1 Å². The summed E-state index contributed by atoms with van der Waals surface area (Å²) in [5.41, 5.74) is 2.46. The Labute approximate surface area is 213 Å². The van der Waals surface area contributed by atoms with Crippen molar-refractivity contribution >= 4 is 38.6 Å². The molecule has 0 fully saturated rings. The van der Waals surface area contributed by atoms with Crippen LogP contribution in [0.4, 0.5) is 5.69 Å². The molecule has 5 aromatic rings. The third-order valence-electron chi connectivity index (χ3n) is 5.23. The summed E-state index contributed by atoms with van der Waals surface area (Å²) in [6.45, 7) is 0. The predicted octanol–water partition coefficient (Wildman–Crippen LogP) is 6.72. The van der Waals surface area contributed by atoms with E-state index in [1.165, 1.54) is 23.9 Å². The second-order valence-corrected chi connectivity index (χ2v) is 10.4. The number of ether oxygens (including phenoxy) is 2. The molecule has 0 atom stereocenters. The monoisotopic (exact) mass is 518 g/mol. The molecule has 1 heterocycles. The molecule has 0 amide bonds. The smallest absolute Gasteiger partial charge is 0.261 e. The second-order valence-electron chi connectivity index (χ2n) is 7.79. The fraction of sp³-hybridized carbons (Fsp3) is 0.0741. The highest BCUT2D eigenvalue weighted by Crippen LogP contribution is 2.30. The number of nitrogens with zero attached hydrogens (tertiary/aromatic N) is 1. The molecule has 0 saturated carbocycles. The molecule has 0 unspecified atom stereocenters. The second kappa shape index (κ2) is 10.3. The van der Waals surface area contributed by atoms with Gasteiger partial charge in [-0.1, -0.05) is 42.1 Å². The first kappa shape index (κ1) is 23.8. The molecule has 182 valence electrons. The number of sulfonamides is 1. The molecule has 4 aromatic carbocycles. The van der Waals surface area contributed by atoms with Crippen LogP contribution in [0.5, 0.6) is 17.2 Å². The van der Waals surface area contributed by atoms with Crippen LogP contribution in [0.15, 0.2) is 112 Å². The van der Waals surface area contributed by atoms with Crippen LogP contribution in [-0.2, 0) is 15.8 Å². The minimum Gasteiger partial charge on any atom is -0.497 e. The van der Waals surface area contributed by atoms with Gasteiger partial charge in [-0.25, -0.2) is 13.4 Å². The quantitative estimate of drug-likeness (QED) is 0.217. The van der Waals surface area contributed by atoms with Crippen molar-refractivity contribution in [3.8, 4) is 17.2 Å². The van der Waals surface area contributed by atoms with Crippen LogP contribution < -0.4 is 14.2 Å². The highest BCUT2D eigenvalue weighted by Gasteiger charge is 2.17. The van der Waals surface area contributed by atoms with Crippen LogP contribution in [-0.4, -0.2) is 20.5 Å². The Balaban J connectivity index is 1.27. The molecule has 0 aliphatic carbocycles. The summed E-state index contributed by atoms with van der Waals surface area (Å²) in [6, 6.07) is 28.7. The van der Waals surface area contributed by atoms with Crippen LogP contribution in [0.2, 0.25) is 0 Å². The molecular weight excluding hydrogens is 496 g/mol. The van der Waals surface area contributed by atoms with Gasteiger partial charge in [0.05, 0.1) is 12.0 Å². The van der Waals surface area contributed by atoms with E-state index in [2.05, 4.69) is 9.71 Å². The highest BCUT2D eigenvalue weighted by molar-refractivity contribution is 7.98. The van der Waals surface area contributed by atoms with Crippen molar-refractivity contribution in [3.63, 3.8) is 0 Å². The number of benzene rings is 4. The molecule has 7 nitrogen and oxygen atoms in total. The first-order chi connectivity index (χ1) is 17.5. The van der Waals surface area contributed by atoms with Gasteiger partial charge in [-0.05, 0) is 72.3 Å². The first-order valence-electron chi connectivity index (χ1n) is 11.0. The third kappa shape index (κ3) is 5.64. The van der Waals surface area contributed by atoms with Gasteiger partial charge in [0, 0.05) is 11.4 Å². The molecule has 0 aliphatic rings. The molecule has 0 aliphatic heterocycles.